The Morgan fingerprint density at radius 1 is 1.22 bits per heavy atom. The molecular weight excluding hydrogens is 406 g/mol. The van der Waals surface area contributed by atoms with Crippen molar-refractivity contribution >= 4 is 17.4 Å². The molecule has 0 fully saturated rings. The number of primary amides is 1. The van der Waals surface area contributed by atoms with E-state index in [1.54, 1.807) is 35.3 Å². The van der Waals surface area contributed by atoms with Crippen molar-refractivity contribution in [1.82, 2.24) is 14.8 Å². The van der Waals surface area contributed by atoms with Crippen LogP contribution in [0.15, 0.2) is 42.7 Å². The fourth-order valence-corrected chi connectivity index (χ4v) is 4.27. The van der Waals surface area contributed by atoms with Gasteiger partial charge >= 0.3 is 0 Å². The summed E-state index contributed by atoms with van der Waals surface area (Å²) in [5.74, 6) is -0.465. The number of benzene rings is 1. The monoisotopic (exact) mass is 433 g/mol. The Morgan fingerprint density at radius 2 is 1.97 bits per heavy atom. The second kappa shape index (κ2) is 8.55. The maximum atomic E-state index is 13.1. The molecule has 0 atom stereocenters. The van der Waals surface area contributed by atoms with Gasteiger partial charge in [0.1, 0.15) is 0 Å². The normalized spacial score (nSPS) is 14.8. The number of nitrogens with two attached hydrogens (primary N) is 1. The second-order valence-electron chi connectivity index (χ2n) is 8.90. The number of Topliss-reactive ketones (excluding diaryl/α,β-unsaturated/α-hetero) is 1. The number of aliphatic hydroxyl groups excluding tert-OH is 1. The minimum atomic E-state index is -0.561. The lowest BCUT2D eigenvalue weighted by molar-refractivity contribution is 0.0909. The van der Waals surface area contributed by atoms with Gasteiger partial charge < -0.3 is 16.2 Å². The molecular formula is C24H27N5O3. The van der Waals surface area contributed by atoms with E-state index in [4.69, 9.17) is 10.8 Å². The van der Waals surface area contributed by atoms with Gasteiger partial charge in [0.25, 0.3) is 5.91 Å². The number of amides is 1. The molecule has 2 aromatic heterocycles. The highest BCUT2D eigenvalue weighted by atomic mass is 16.3. The van der Waals surface area contributed by atoms with Crippen molar-refractivity contribution in [2.75, 3.05) is 18.5 Å². The number of ketones is 1. The van der Waals surface area contributed by atoms with Crippen LogP contribution in [0, 0.1) is 5.41 Å². The first-order chi connectivity index (χ1) is 15.3. The van der Waals surface area contributed by atoms with Gasteiger partial charge in [0, 0.05) is 37.5 Å². The van der Waals surface area contributed by atoms with Crippen LogP contribution in [0.25, 0.3) is 5.69 Å². The Labute approximate surface area is 186 Å². The lowest BCUT2D eigenvalue weighted by atomic mass is 9.75. The maximum Gasteiger partial charge on any atom is 0.250 e. The molecule has 8 nitrogen and oxygen atoms in total. The van der Waals surface area contributed by atoms with E-state index in [-0.39, 0.29) is 24.3 Å². The van der Waals surface area contributed by atoms with Gasteiger partial charge in [0.05, 0.1) is 34.8 Å². The number of pyridine rings is 1. The SMILES string of the molecule is CC1(C)CC(=O)c2c(Cc3ccncc3)nn(-c3ccc(C(N)=O)c(NCCO)c3)c2C1. The third-order valence-corrected chi connectivity index (χ3v) is 5.68. The molecule has 0 unspecified atom stereocenters. The molecule has 0 spiro atoms. The molecule has 1 aliphatic rings. The molecule has 1 aliphatic carbocycles. The van der Waals surface area contributed by atoms with Gasteiger partial charge in [-0.1, -0.05) is 13.8 Å². The highest BCUT2D eigenvalue weighted by molar-refractivity contribution is 6.00. The highest BCUT2D eigenvalue weighted by Crippen LogP contribution is 2.38. The fourth-order valence-electron chi connectivity index (χ4n) is 4.27. The molecule has 4 N–H and O–H groups in total. The lowest BCUT2D eigenvalue weighted by Crippen LogP contribution is -2.28. The summed E-state index contributed by atoms with van der Waals surface area (Å²) in [5.41, 5.74) is 10.2. The Bertz CT molecular complexity index is 1170. The minimum Gasteiger partial charge on any atom is -0.395 e. The van der Waals surface area contributed by atoms with E-state index in [1.807, 2.05) is 12.1 Å². The number of carbonyl (C=O) groups excluding carboxylic acids is 2. The third kappa shape index (κ3) is 4.27. The molecule has 3 aromatic rings. The summed E-state index contributed by atoms with van der Waals surface area (Å²) in [6.45, 7) is 4.36. The number of nitrogens with one attached hydrogen (secondary N) is 1. The molecule has 2 heterocycles. The zero-order chi connectivity index (χ0) is 22.9. The van der Waals surface area contributed by atoms with Crippen LogP contribution in [-0.2, 0) is 12.8 Å². The number of aromatic nitrogens is 3. The summed E-state index contributed by atoms with van der Waals surface area (Å²) < 4.78 is 1.81. The summed E-state index contributed by atoms with van der Waals surface area (Å²) >= 11 is 0. The summed E-state index contributed by atoms with van der Waals surface area (Å²) in [6.07, 6.45) is 5.16. The van der Waals surface area contributed by atoms with Crippen LogP contribution in [0.4, 0.5) is 5.69 Å². The van der Waals surface area contributed by atoms with Crippen molar-refractivity contribution in [3.05, 3.63) is 70.8 Å². The Morgan fingerprint density at radius 3 is 2.66 bits per heavy atom. The van der Waals surface area contributed by atoms with E-state index < -0.39 is 5.91 Å². The van der Waals surface area contributed by atoms with Crippen molar-refractivity contribution < 1.29 is 14.7 Å². The Balaban J connectivity index is 1.85. The van der Waals surface area contributed by atoms with Crippen molar-refractivity contribution in [2.45, 2.75) is 33.1 Å². The van der Waals surface area contributed by atoms with Crippen LogP contribution >= 0.6 is 0 Å². The highest BCUT2D eigenvalue weighted by Gasteiger charge is 2.36. The van der Waals surface area contributed by atoms with Gasteiger partial charge in [0.15, 0.2) is 5.78 Å². The third-order valence-electron chi connectivity index (χ3n) is 5.68. The van der Waals surface area contributed by atoms with Gasteiger partial charge in [-0.3, -0.25) is 14.6 Å². The topological polar surface area (TPSA) is 123 Å². The van der Waals surface area contributed by atoms with Crippen molar-refractivity contribution in [3.63, 3.8) is 0 Å². The predicted molar refractivity (Wildman–Crippen MR) is 121 cm³/mol. The Hall–Kier alpha value is -3.52. The zero-order valence-electron chi connectivity index (χ0n) is 18.3. The molecule has 1 aromatic carbocycles. The number of carbonyl (C=O) groups is 2. The summed E-state index contributed by atoms with van der Waals surface area (Å²) in [4.78, 5) is 29.1. The molecule has 0 bridgehead atoms. The molecule has 166 valence electrons. The number of aliphatic hydroxyl groups is 1. The average Bonchev–Trinajstić information content (AvgIpc) is 3.09. The first kappa shape index (κ1) is 21.7. The molecule has 4 rings (SSSR count). The number of hydrogen-bond donors (Lipinski definition) is 3. The minimum absolute atomic E-state index is 0.0850. The summed E-state index contributed by atoms with van der Waals surface area (Å²) in [5, 5.41) is 17.1. The second-order valence-corrected chi connectivity index (χ2v) is 8.90. The van der Waals surface area contributed by atoms with E-state index in [1.165, 1.54) is 0 Å². The number of hydrogen-bond acceptors (Lipinski definition) is 6. The Kier molecular flexibility index (Phi) is 5.80. The predicted octanol–water partition coefficient (Wildman–Crippen LogP) is 2.52. The molecule has 0 saturated carbocycles. The molecule has 1 amide bonds. The van der Waals surface area contributed by atoms with Crippen molar-refractivity contribution in [1.29, 1.82) is 0 Å². The van der Waals surface area contributed by atoms with Gasteiger partial charge in [0.2, 0.25) is 0 Å². The van der Waals surface area contributed by atoms with E-state index >= 15 is 0 Å². The van der Waals surface area contributed by atoms with Crippen molar-refractivity contribution in [3.8, 4) is 5.69 Å². The van der Waals surface area contributed by atoms with Crippen LogP contribution in [0.5, 0.6) is 0 Å². The van der Waals surface area contributed by atoms with E-state index in [0.717, 1.165) is 22.6 Å². The van der Waals surface area contributed by atoms with Crippen LogP contribution in [-0.4, -0.2) is 44.7 Å². The average molecular weight is 434 g/mol. The van der Waals surface area contributed by atoms with Gasteiger partial charge in [-0.05, 0) is 47.7 Å². The molecule has 0 saturated heterocycles. The molecule has 0 radical (unpaired) electrons. The molecule has 0 aliphatic heterocycles. The van der Waals surface area contributed by atoms with Crippen LogP contribution in [0.1, 0.15) is 57.9 Å². The van der Waals surface area contributed by atoms with Crippen LogP contribution in [0.2, 0.25) is 0 Å². The van der Waals surface area contributed by atoms with E-state index in [0.29, 0.717) is 36.1 Å². The smallest absolute Gasteiger partial charge is 0.250 e. The summed E-state index contributed by atoms with van der Waals surface area (Å²) in [6, 6.07) is 9.04. The number of fused-ring (bicyclic) bond motifs is 1. The fraction of sp³-hybridized carbons (Fsp3) is 0.333. The molecule has 8 heteroatoms. The maximum absolute atomic E-state index is 13.1. The first-order valence-electron chi connectivity index (χ1n) is 10.6. The molecule has 32 heavy (non-hydrogen) atoms. The first-order valence-corrected chi connectivity index (χ1v) is 10.6. The van der Waals surface area contributed by atoms with E-state index in [9.17, 15) is 14.7 Å². The van der Waals surface area contributed by atoms with E-state index in [2.05, 4.69) is 24.1 Å². The van der Waals surface area contributed by atoms with Crippen molar-refractivity contribution in [2.24, 2.45) is 11.1 Å². The van der Waals surface area contributed by atoms with Gasteiger partial charge in [-0.2, -0.15) is 5.10 Å². The quantitative estimate of drug-likeness (QED) is 0.526. The summed E-state index contributed by atoms with van der Waals surface area (Å²) in [7, 11) is 0. The number of rotatable bonds is 7. The number of nitrogens with zero attached hydrogens (tertiary/aromatic N) is 3. The number of anilines is 1. The van der Waals surface area contributed by atoms with Crippen LogP contribution < -0.4 is 11.1 Å². The van der Waals surface area contributed by atoms with Crippen LogP contribution in [0.3, 0.4) is 0 Å². The zero-order valence-corrected chi connectivity index (χ0v) is 18.3. The van der Waals surface area contributed by atoms with Gasteiger partial charge in [-0.15, -0.1) is 0 Å². The largest absolute Gasteiger partial charge is 0.395 e. The van der Waals surface area contributed by atoms with Gasteiger partial charge in [-0.25, -0.2) is 4.68 Å². The lowest BCUT2D eigenvalue weighted by Gasteiger charge is -2.29. The standard InChI is InChI=1S/C24H27N5O3/c1-24(2)13-20-22(21(31)14-24)19(11-15-5-7-26-8-6-15)28-29(20)16-3-4-17(23(25)32)18(12-16)27-9-10-30/h3-8,12,27,30H,9-11,13-14H2,1-2H3,(H2,25,32).